The molecule has 0 saturated heterocycles. The van der Waals surface area contributed by atoms with Crippen molar-refractivity contribution in [2.75, 3.05) is 0 Å². The van der Waals surface area contributed by atoms with E-state index in [-0.39, 0.29) is 5.82 Å². The quantitative estimate of drug-likeness (QED) is 0.305. The maximum absolute atomic E-state index is 13.8. The Kier molecular flexibility index (Phi) is 3.90. The Hall–Kier alpha value is -2.98. The van der Waals surface area contributed by atoms with Gasteiger partial charge < -0.3 is 4.42 Å². The van der Waals surface area contributed by atoms with Crippen molar-refractivity contribution in [3.8, 4) is 11.3 Å². The van der Waals surface area contributed by atoms with Crippen LogP contribution in [-0.4, -0.2) is 13.1 Å². The molecule has 0 bridgehead atoms. The lowest BCUT2D eigenvalue weighted by atomic mass is 10.0. The SMILES string of the molecule is Cc1cc(-c2cc([Si](C)(C)C)c3ccccc3n2)c2oc3cc(F)ccc3c2c1. The van der Waals surface area contributed by atoms with Gasteiger partial charge in [0.2, 0.25) is 0 Å². The lowest BCUT2D eigenvalue weighted by molar-refractivity contribution is 0.618. The summed E-state index contributed by atoms with van der Waals surface area (Å²) in [5, 5.41) is 4.54. The van der Waals surface area contributed by atoms with Crippen LogP contribution in [0.1, 0.15) is 5.56 Å². The minimum absolute atomic E-state index is 0.292. The fourth-order valence-corrected chi connectivity index (χ4v) is 5.71. The van der Waals surface area contributed by atoms with Crippen molar-refractivity contribution in [1.29, 1.82) is 0 Å². The van der Waals surface area contributed by atoms with Gasteiger partial charge in [-0.25, -0.2) is 9.37 Å². The fraction of sp³-hybridized carbons (Fsp3) is 0.160. The van der Waals surface area contributed by atoms with E-state index in [1.54, 1.807) is 6.07 Å². The van der Waals surface area contributed by atoms with Crippen LogP contribution in [0.3, 0.4) is 0 Å². The Morgan fingerprint density at radius 3 is 2.45 bits per heavy atom. The summed E-state index contributed by atoms with van der Waals surface area (Å²) in [4.78, 5) is 4.99. The first-order valence-corrected chi connectivity index (χ1v) is 13.3. The van der Waals surface area contributed by atoms with E-state index in [2.05, 4.69) is 63.0 Å². The molecule has 0 N–H and O–H groups in total. The lowest BCUT2D eigenvalue weighted by Gasteiger charge is -2.20. The molecule has 144 valence electrons. The van der Waals surface area contributed by atoms with E-state index < -0.39 is 8.07 Å². The van der Waals surface area contributed by atoms with Crippen molar-refractivity contribution in [3.05, 3.63) is 72.0 Å². The first-order valence-electron chi connectivity index (χ1n) is 9.84. The smallest absolute Gasteiger partial charge is 0.144 e. The molecule has 2 heterocycles. The molecule has 0 spiro atoms. The van der Waals surface area contributed by atoms with Gasteiger partial charge >= 0.3 is 0 Å². The number of pyridine rings is 1. The maximum Gasteiger partial charge on any atom is 0.144 e. The zero-order chi connectivity index (χ0) is 20.3. The van der Waals surface area contributed by atoms with E-state index in [9.17, 15) is 4.39 Å². The number of aromatic nitrogens is 1. The van der Waals surface area contributed by atoms with Crippen LogP contribution in [0.15, 0.2) is 65.1 Å². The van der Waals surface area contributed by atoms with Gasteiger partial charge in [0, 0.05) is 22.4 Å². The van der Waals surface area contributed by atoms with Crippen molar-refractivity contribution in [2.24, 2.45) is 0 Å². The lowest BCUT2D eigenvalue weighted by Crippen LogP contribution is -2.38. The predicted octanol–water partition coefficient (Wildman–Crippen LogP) is 6.79. The molecule has 2 nitrogen and oxygen atoms in total. The highest BCUT2D eigenvalue weighted by Crippen LogP contribution is 2.37. The number of nitrogens with zero attached hydrogens (tertiary/aromatic N) is 1. The van der Waals surface area contributed by atoms with Crippen LogP contribution < -0.4 is 5.19 Å². The molecule has 5 rings (SSSR count). The summed E-state index contributed by atoms with van der Waals surface area (Å²) in [5.74, 6) is -0.292. The molecule has 0 aliphatic heterocycles. The molecular weight excluding hydrogens is 377 g/mol. The van der Waals surface area contributed by atoms with Crippen molar-refractivity contribution in [2.45, 2.75) is 26.6 Å². The van der Waals surface area contributed by atoms with E-state index in [1.165, 1.54) is 22.7 Å². The highest BCUT2D eigenvalue weighted by molar-refractivity contribution is 6.90. The van der Waals surface area contributed by atoms with Crippen LogP contribution in [0.25, 0.3) is 44.1 Å². The highest BCUT2D eigenvalue weighted by atomic mass is 28.3. The van der Waals surface area contributed by atoms with Gasteiger partial charge in [-0.1, -0.05) is 37.8 Å². The summed E-state index contributed by atoms with van der Waals surface area (Å²) in [6.07, 6.45) is 0. The number of benzene rings is 3. The van der Waals surface area contributed by atoms with E-state index in [1.807, 2.05) is 6.07 Å². The average molecular weight is 400 g/mol. The molecule has 29 heavy (non-hydrogen) atoms. The highest BCUT2D eigenvalue weighted by Gasteiger charge is 2.22. The molecule has 0 aliphatic carbocycles. The van der Waals surface area contributed by atoms with Crippen LogP contribution in [0.4, 0.5) is 4.39 Å². The Balaban J connectivity index is 1.88. The van der Waals surface area contributed by atoms with Gasteiger partial charge in [-0.15, -0.1) is 0 Å². The summed E-state index contributed by atoms with van der Waals surface area (Å²) in [5.41, 5.74) is 5.33. The molecular formula is C25H22FNOSi. The largest absolute Gasteiger partial charge is 0.455 e. The molecule has 2 aromatic heterocycles. The van der Waals surface area contributed by atoms with Crippen LogP contribution >= 0.6 is 0 Å². The minimum atomic E-state index is -1.60. The first-order chi connectivity index (χ1) is 13.8. The number of hydrogen-bond donors (Lipinski definition) is 0. The molecule has 0 atom stereocenters. The van der Waals surface area contributed by atoms with Crippen molar-refractivity contribution < 1.29 is 8.81 Å². The second-order valence-electron chi connectivity index (χ2n) is 8.75. The van der Waals surface area contributed by atoms with E-state index in [4.69, 9.17) is 9.40 Å². The summed E-state index contributed by atoms with van der Waals surface area (Å²) in [6, 6.07) is 19.5. The minimum Gasteiger partial charge on any atom is -0.455 e. The van der Waals surface area contributed by atoms with Gasteiger partial charge in [-0.05, 0) is 59.5 Å². The summed E-state index contributed by atoms with van der Waals surface area (Å²) >= 11 is 0. The molecule has 0 fully saturated rings. The molecule has 0 aliphatic rings. The third-order valence-electron chi connectivity index (χ3n) is 5.48. The zero-order valence-electron chi connectivity index (χ0n) is 17.0. The summed E-state index contributed by atoms with van der Waals surface area (Å²) in [7, 11) is -1.60. The van der Waals surface area contributed by atoms with Crippen molar-refractivity contribution >= 4 is 46.1 Å². The molecule has 5 aromatic rings. The van der Waals surface area contributed by atoms with Gasteiger partial charge in [0.1, 0.15) is 17.0 Å². The predicted molar refractivity (Wildman–Crippen MR) is 122 cm³/mol. The average Bonchev–Trinajstić information content (AvgIpc) is 3.03. The van der Waals surface area contributed by atoms with Crippen molar-refractivity contribution in [3.63, 3.8) is 0 Å². The Bertz CT molecular complexity index is 1410. The summed E-state index contributed by atoms with van der Waals surface area (Å²) < 4.78 is 19.9. The first kappa shape index (κ1) is 18.1. The van der Waals surface area contributed by atoms with Gasteiger partial charge in [-0.3, -0.25) is 0 Å². The zero-order valence-corrected chi connectivity index (χ0v) is 18.0. The van der Waals surface area contributed by atoms with E-state index in [0.29, 0.717) is 5.58 Å². The number of para-hydroxylation sites is 1. The van der Waals surface area contributed by atoms with Gasteiger partial charge in [-0.2, -0.15) is 0 Å². The number of hydrogen-bond acceptors (Lipinski definition) is 2. The molecule has 4 heteroatoms. The number of fused-ring (bicyclic) bond motifs is 4. The maximum atomic E-state index is 13.8. The number of halogens is 1. The molecule has 0 unspecified atom stereocenters. The van der Waals surface area contributed by atoms with Gasteiger partial charge in [0.25, 0.3) is 0 Å². The second-order valence-corrected chi connectivity index (χ2v) is 13.8. The molecule has 0 radical (unpaired) electrons. The second kappa shape index (κ2) is 6.26. The summed E-state index contributed by atoms with van der Waals surface area (Å²) in [6.45, 7) is 9.14. The monoisotopic (exact) mass is 399 g/mol. The fourth-order valence-electron chi connectivity index (χ4n) is 4.12. The normalized spacial score (nSPS) is 12.3. The Labute approximate surface area is 170 Å². The number of rotatable bonds is 2. The van der Waals surface area contributed by atoms with Crippen molar-refractivity contribution in [1.82, 2.24) is 4.98 Å². The standard InChI is InChI=1S/C25H22FNOSi/c1-15-11-19-17-10-9-16(26)13-23(17)28-25(19)20(12-15)22-14-24(29(2,3)4)18-7-5-6-8-21(18)27-22/h5-14H,1-4H3. The van der Waals surface area contributed by atoms with E-state index in [0.717, 1.165) is 38.7 Å². The topological polar surface area (TPSA) is 26.0 Å². The van der Waals surface area contributed by atoms with E-state index >= 15 is 0 Å². The van der Waals surface area contributed by atoms with Crippen LogP contribution in [0.5, 0.6) is 0 Å². The van der Waals surface area contributed by atoms with Crippen LogP contribution in [0.2, 0.25) is 19.6 Å². The third kappa shape index (κ3) is 2.95. The van der Waals surface area contributed by atoms with Crippen LogP contribution in [-0.2, 0) is 0 Å². The number of furan rings is 1. The Morgan fingerprint density at radius 1 is 0.862 bits per heavy atom. The Morgan fingerprint density at radius 2 is 1.66 bits per heavy atom. The van der Waals surface area contributed by atoms with Gasteiger partial charge in [0.15, 0.2) is 0 Å². The third-order valence-corrected chi connectivity index (χ3v) is 7.51. The molecule has 0 amide bonds. The van der Waals surface area contributed by atoms with Crippen LogP contribution in [0, 0.1) is 12.7 Å². The molecule has 3 aromatic carbocycles. The number of aryl methyl sites for hydroxylation is 1. The molecule has 0 saturated carbocycles. The van der Waals surface area contributed by atoms with Gasteiger partial charge in [0.05, 0.1) is 19.3 Å².